The molecular formula is C11H11N7O3. The van der Waals surface area contributed by atoms with E-state index < -0.39 is 4.92 Å². The number of imidazole rings is 1. The molecule has 0 radical (unpaired) electrons. The predicted molar refractivity (Wildman–Crippen MR) is 71.9 cm³/mol. The lowest BCUT2D eigenvalue weighted by atomic mass is 10.2. The van der Waals surface area contributed by atoms with Crippen molar-refractivity contribution < 1.29 is 9.66 Å². The Balaban J connectivity index is 2.63. The third-order valence-corrected chi connectivity index (χ3v) is 2.77. The van der Waals surface area contributed by atoms with Gasteiger partial charge in [0.25, 0.3) is 5.82 Å². The van der Waals surface area contributed by atoms with E-state index in [9.17, 15) is 15.4 Å². The van der Waals surface area contributed by atoms with Gasteiger partial charge in [-0.2, -0.15) is 15.4 Å². The summed E-state index contributed by atoms with van der Waals surface area (Å²) in [6.07, 6.45) is 2.28. The molecule has 0 N–H and O–H groups in total. The van der Waals surface area contributed by atoms with E-state index in [-0.39, 0.29) is 28.7 Å². The predicted octanol–water partition coefficient (Wildman–Crippen LogP) is 0.907. The third kappa shape index (κ3) is 2.32. The number of methoxy groups -OCH3 is 1. The van der Waals surface area contributed by atoms with Gasteiger partial charge in [0.1, 0.15) is 17.8 Å². The molecule has 0 spiro atoms. The fourth-order valence-electron chi connectivity index (χ4n) is 1.82. The van der Waals surface area contributed by atoms with Crippen LogP contribution in [0.3, 0.4) is 0 Å². The number of aromatic nitrogens is 4. The molecule has 10 nitrogen and oxygen atoms in total. The van der Waals surface area contributed by atoms with E-state index in [1.165, 1.54) is 29.8 Å². The first-order valence-electron chi connectivity index (χ1n) is 5.70. The van der Waals surface area contributed by atoms with E-state index >= 15 is 0 Å². The van der Waals surface area contributed by atoms with Crippen molar-refractivity contribution in [1.82, 2.24) is 19.3 Å². The number of nitriles is 1. The second kappa shape index (κ2) is 5.41. The Kier molecular flexibility index (Phi) is 3.66. The standard InChI is InChI=1S/C11H11N7O3/c1-16-8(18(19)20)5-13-11(16)9-7(4-12)10(14-6-21-3)17(2)15-9/h5-6H,1-3H3. The van der Waals surface area contributed by atoms with Gasteiger partial charge in [0.2, 0.25) is 0 Å². The van der Waals surface area contributed by atoms with E-state index in [1.54, 1.807) is 7.05 Å². The minimum Gasteiger partial charge on any atom is -0.486 e. The minimum atomic E-state index is -0.560. The van der Waals surface area contributed by atoms with Gasteiger partial charge in [-0.25, -0.2) is 14.2 Å². The average Bonchev–Trinajstić information content (AvgIpc) is 2.96. The van der Waals surface area contributed by atoms with Crippen LogP contribution in [-0.4, -0.2) is 37.8 Å². The van der Waals surface area contributed by atoms with Gasteiger partial charge in [0.05, 0.1) is 14.2 Å². The van der Waals surface area contributed by atoms with Gasteiger partial charge in [-0.1, -0.05) is 0 Å². The quantitative estimate of drug-likeness (QED) is 0.356. The Morgan fingerprint density at radius 3 is 2.81 bits per heavy atom. The van der Waals surface area contributed by atoms with Crippen LogP contribution in [0.5, 0.6) is 0 Å². The highest BCUT2D eigenvalue weighted by Gasteiger charge is 2.26. The highest BCUT2D eigenvalue weighted by molar-refractivity contribution is 5.71. The molecule has 0 fully saturated rings. The highest BCUT2D eigenvalue weighted by Crippen LogP contribution is 2.30. The van der Waals surface area contributed by atoms with Crippen LogP contribution in [0.25, 0.3) is 11.5 Å². The van der Waals surface area contributed by atoms with Crippen LogP contribution in [0.15, 0.2) is 11.2 Å². The first kappa shape index (κ1) is 14.2. The number of hydrogen-bond acceptors (Lipinski definition) is 7. The molecule has 0 atom stereocenters. The molecule has 108 valence electrons. The average molecular weight is 289 g/mol. The molecule has 0 aliphatic carbocycles. The summed E-state index contributed by atoms with van der Waals surface area (Å²) >= 11 is 0. The number of nitro groups is 1. The molecule has 2 rings (SSSR count). The maximum atomic E-state index is 10.8. The summed E-state index contributed by atoms with van der Waals surface area (Å²) in [4.78, 5) is 18.2. The van der Waals surface area contributed by atoms with Crippen molar-refractivity contribution in [2.24, 2.45) is 19.1 Å². The summed E-state index contributed by atoms with van der Waals surface area (Å²) in [6, 6.07) is 1.98. The van der Waals surface area contributed by atoms with Crippen LogP contribution in [0.2, 0.25) is 0 Å². The maximum absolute atomic E-state index is 10.8. The van der Waals surface area contributed by atoms with Crippen LogP contribution >= 0.6 is 0 Å². The zero-order valence-corrected chi connectivity index (χ0v) is 11.5. The largest absolute Gasteiger partial charge is 0.486 e. The molecule has 0 aliphatic rings. The smallest absolute Gasteiger partial charge is 0.342 e. The van der Waals surface area contributed by atoms with Gasteiger partial charge in [-0.3, -0.25) is 0 Å². The van der Waals surface area contributed by atoms with E-state index in [0.717, 1.165) is 6.20 Å². The van der Waals surface area contributed by atoms with Crippen LogP contribution in [0, 0.1) is 21.4 Å². The van der Waals surface area contributed by atoms with Crippen LogP contribution in [-0.2, 0) is 18.8 Å². The summed E-state index contributed by atoms with van der Waals surface area (Å²) in [7, 11) is 4.51. The Morgan fingerprint density at radius 2 is 2.29 bits per heavy atom. The Labute approximate surface area is 119 Å². The van der Waals surface area contributed by atoms with Crippen LogP contribution in [0.4, 0.5) is 11.6 Å². The third-order valence-electron chi connectivity index (χ3n) is 2.77. The summed E-state index contributed by atoms with van der Waals surface area (Å²) in [6.45, 7) is 0. The molecule has 0 bridgehead atoms. The summed E-state index contributed by atoms with van der Waals surface area (Å²) in [5.74, 6) is 0.300. The summed E-state index contributed by atoms with van der Waals surface area (Å²) in [5, 5.41) is 24.3. The van der Waals surface area contributed by atoms with Crippen molar-refractivity contribution in [1.29, 1.82) is 5.26 Å². The Hall–Kier alpha value is -3.22. The SMILES string of the molecule is COC=Nc1c(C#N)c(-c2ncc([N+](=O)[O-])n2C)nn1C. The summed E-state index contributed by atoms with van der Waals surface area (Å²) in [5.41, 5.74) is 0.383. The van der Waals surface area contributed by atoms with Gasteiger partial charge in [0, 0.05) is 7.05 Å². The van der Waals surface area contributed by atoms with Crippen molar-refractivity contribution in [2.75, 3.05) is 7.11 Å². The molecule has 21 heavy (non-hydrogen) atoms. The number of hydrogen-bond donors (Lipinski definition) is 0. The second-order valence-electron chi connectivity index (χ2n) is 4.01. The van der Waals surface area contributed by atoms with Crippen molar-refractivity contribution in [3.05, 3.63) is 21.9 Å². The van der Waals surface area contributed by atoms with Crippen molar-refractivity contribution in [3.63, 3.8) is 0 Å². The molecule has 0 saturated heterocycles. The molecule has 0 saturated carbocycles. The molecule has 2 aromatic rings. The van der Waals surface area contributed by atoms with E-state index in [0.29, 0.717) is 0 Å². The second-order valence-corrected chi connectivity index (χ2v) is 4.01. The van der Waals surface area contributed by atoms with E-state index in [2.05, 4.69) is 15.1 Å². The minimum absolute atomic E-state index is 0.161. The van der Waals surface area contributed by atoms with Crippen LogP contribution in [0.1, 0.15) is 5.56 Å². The lowest BCUT2D eigenvalue weighted by Gasteiger charge is -1.96. The molecule has 0 aromatic carbocycles. The monoisotopic (exact) mass is 289 g/mol. The normalized spacial score (nSPS) is 10.8. The van der Waals surface area contributed by atoms with Gasteiger partial charge >= 0.3 is 5.82 Å². The number of ether oxygens (including phenoxy) is 1. The van der Waals surface area contributed by atoms with Gasteiger partial charge in [-0.15, -0.1) is 0 Å². The number of nitrogens with zero attached hydrogens (tertiary/aromatic N) is 7. The topological polar surface area (TPSA) is 124 Å². The lowest BCUT2D eigenvalue weighted by molar-refractivity contribution is -0.391. The number of aryl methyl sites for hydroxylation is 1. The van der Waals surface area contributed by atoms with Gasteiger partial charge in [0.15, 0.2) is 17.9 Å². The fourth-order valence-corrected chi connectivity index (χ4v) is 1.82. The first-order valence-corrected chi connectivity index (χ1v) is 5.70. The Morgan fingerprint density at radius 1 is 1.57 bits per heavy atom. The fraction of sp³-hybridized carbons (Fsp3) is 0.273. The van der Waals surface area contributed by atoms with Crippen molar-refractivity contribution in [3.8, 4) is 17.6 Å². The van der Waals surface area contributed by atoms with Gasteiger partial charge < -0.3 is 14.9 Å². The molecule has 2 heterocycles. The van der Waals surface area contributed by atoms with Gasteiger partial charge in [-0.05, 0) is 4.92 Å². The number of aliphatic imine (C=N–C) groups is 1. The molecule has 0 aliphatic heterocycles. The molecule has 0 unspecified atom stereocenters. The maximum Gasteiger partial charge on any atom is 0.342 e. The lowest BCUT2D eigenvalue weighted by Crippen LogP contribution is -2.00. The molecule has 2 aromatic heterocycles. The zero-order chi connectivity index (χ0) is 15.6. The first-order chi connectivity index (χ1) is 10.0. The Bertz CT molecular complexity index is 766. The molecule has 0 amide bonds. The van der Waals surface area contributed by atoms with Crippen LogP contribution < -0.4 is 0 Å². The van der Waals surface area contributed by atoms with Crippen molar-refractivity contribution in [2.45, 2.75) is 0 Å². The van der Waals surface area contributed by atoms with Crippen molar-refractivity contribution >= 4 is 18.0 Å². The highest BCUT2D eigenvalue weighted by atomic mass is 16.6. The molecule has 10 heteroatoms. The molecular weight excluding hydrogens is 278 g/mol. The number of rotatable bonds is 4. The van der Waals surface area contributed by atoms with E-state index in [1.807, 2.05) is 6.07 Å². The van der Waals surface area contributed by atoms with E-state index in [4.69, 9.17) is 4.74 Å². The zero-order valence-electron chi connectivity index (χ0n) is 11.5. The summed E-state index contributed by atoms with van der Waals surface area (Å²) < 4.78 is 7.36.